The number of carbonyl (C=O) groups excluding carboxylic acids is 4. The maximum atomic E-state index is 13.4. The highest BCUT2D eigenvalue weighted by molar-refractivity contribution is 5.78. The molecule has 7 aliphatic heterocycles. The van der Waals surface area contributed by atoms with Crippen LogP contribution in [0.4, 0.5) is 0 Å². The smallest absolute Gasteiger partial charge is 0.364 e. The molecule has 7 fully saturated rings. The molecule has 0 aromatic rings. The number of rotatable bonds is 28. The fraction of sp³-hybridized carbons (Fsp3) is 0.893. The van der Waals surface area contributed by atoms with E-state index >= 15 is 0 Å². The van der Waals surface area contributed by atoms with Crippen molar-refractivity contribution in [2.24, 2.45) is 0 Å². The molecule has 45 nitrogen and oxygen atoms in total. The van der Waals surface area contributed by atoms with Crippen LogP contribution in [0.15, 0.2) is 0 Å². The van der Waals surface area contributed by atoms with E-state index in [-0.39, 0.29) is 0 Å². The van der Waals surface area contributed by atoms with E-state index in [1.54, 1.807) is 0 Å². The number of ether oxygens (including phenoxy) is 13. The van der Waals surface area contributed by atoms with Gasteiger partial charge in [0, 0.05) is 40.5 Å². The van der Waals surface area contributed by atoms with Gasteiger partial charge in [-0.2, -0.15) is 0 Å². The average molecular weight is 1480 g/mol. The molecule has 4 amide bonds. The molecule has 0 radical (unpaired) electrons. The van der Waals surface area contributed by atoms with Crippen LogP contribution in [0, 0.1) is 0 Å². The van der Waals surface area contributed by atoms with Crippen LogP contribution in [0.2, 0.25) is 0 Å². The quantitative estimate of drug-likeness (QED) is 0.0346. The van der Waals surface area contributed by atoms with Crippen LogP contribution in [-0.2, 0) is 90.3 Å². The van der Waals surface area contributed by atoms with Crippen molar-refractivity contribution < 1.29 is 203 Å². The van der Waals surface area contributed by atoms with Crippen LogP contribution in [0.25, 0.3) is 0 Å². The summed E-state index contributed by atoms with van der Waals surface area (Å²) in [6.45, 7) is -2.32. The molecule has 101 heavy (non-hydrogen) atoms. The molecule has 0 bridgehead atoms. The summed E-state index contributed by atoms with van der Waals surface area (Å²) in [7, 11) is 0. The van der Waals surface area contributed by atoms with E-state index in [2.05, 4.69) is 21.3 Å². The van der Waals surface area contributed by atoms with Gasteiger partial charge in [-0.1, -0.05) is 0 Å². The summed E-state index contributed by atoms with van der Waals surface area (Å²) in [5, 5.41) is 251. The van der Waals surface area contributed by atoms with Gasteiger partial charge in [0.1, 0.15) is 152 Å². The lowest BCUT2D eigenvalue weighted by Crippen LogP contribution is -2.72. The highest BCUT2D eigenvalue weighted by atomic mass is 16.8. The molecule has 0 aliphatic carbocycles. The van der Waals surface area contributed by atoms with Gasteiger partial charge in [0.15, 0.2) is 31.5 Å². The second-order valence-electron chi connectivity index (χ2n) is 25.4. The summed E-state index contributed by atoms with van der Waals surface area (Å²) in [6.07, 6.45) is -69.7. The Hall–Kier alpha value is -4.50. The van der Waals surface area contributed by atoms with Gasteiger partial charge in [-0.05, 0) is 6.92 Å². The first-order valence-electron chi connectivity index (χ1n) is 31.7. The van der Waals surface area contributed by atoms with E-state index in [0.717, 1.165) is 27.7 Å². The minimum absolute atomic E-state index is 0.832. The van der Waals surface area contributed by atoms with Crippen LogP contribution in [0.3, 0.4) is 0 Å². The number of amides is 4. The fourth-order valence-electron chi connectivity index (χ4n) is 12.8. The first-order valence-corrected chi connectivity index (χ1v) is 31.7. The molecule has 7 rings (SSSR count). The molecule has 0 spiro atoms. The Labute approximate surface area is 571 Å². The van der Waals surface area contributed by atoms with E-state index < -0.39 is 314 Å². The van der Waals surface area contributed by atoms with E-state index in [9.17, 15) is 141 Å². The van der Waals surface area contributed by atoms with Crippen LogP contribution < -0.4 is 21.3 Å². The van der Waals surface area contributed by atoms with Gasteiger partial charge >= 0.3 is 11.9 Å². The number of hydrogen-bond donors (Lipinski definition) is 26. The number of hydrogen-bond acceptors (Lipinski definition) is 39. The molecular formula is C56H92N4O41. The minimum Gasteiger partial charge on any atom is -0.477 e. The standard InChI is InChI=1S/C56H92N4O41/c1-14-31(74)37(80)38(81)50(90-14)97-45-30(60-18(5)69)49(94-25(12-65)41(45)95-52-40(83)47(35(78)24(11-64)93-52)101-56(54(87)88)7-20(71)28(58-16(3)67)44(100-56)33(76)22(73)9-62)98-46-34(77)23(10-63)92-51(39(46)82)96-42-29(59-17(4)68)48(84)91-26(36(42)79)13-89-55(53(85)86)6-19(70)27(57-15(2)66)43(99-55)32(75)21(72)8-61/h14,19-52,61-65,70-84H,6-13H2,1-5H3,(H,57,66)(H,58,67)(H,59,68)(H,60,69)(H,85,86)(H,87,88)/t14-,19-,20-,21+,22+,23+,24+,25+,26+,27+,28+,29+,30+,31+,32+,33+,34-,35-,36-,37+,38-,39+,40+,41+,42+,43+,44+,45+,46-,47-,48?,49-,50-,51-,52-,55+,56-/m0/s1. The van der Waals surface area contributed by atoms with Crippen LogP contribution in [0.5, 0.6) is 0 Å². The Kier molecular flexibility index (Phi) is 29.3. The highest BCUT2D eigenvalue weighted by Crippen LogP contribution is 2.42. The lowest BCUT2D eigenvalue weighted by molar-refractivity contribution is -0.398. The lowest BCUT2D eigenvalue weighted by atomic mass is 9.88. The zero-order valence-corrected chi connectivity index (χ0v) is 54.5. The number of carboxylic acids is 2. The molecule has 0 saturated carbocycles. The largest absolute Gasteiger partial charge is 0.477 e. The predicted octanol–water partition coefficient (Wildman–Crippen LogP) is -16.3. The molecule has 7 heterocycles. The Morgan fingerprint density at radius 2 is 0.822 bits per heavy atom. The van der Waals surface area contributed by atoms with E-state index in [4.69, 9.17) is 61.6 Å². The number of aliphatic carboxylic acids is 2. The second kappa shape index (κ2) is 35.3. The van der Waals surface area contributed by atoms with Crippen molar-refractivity contribution in [3.8, 4) is 0 Å². The fourth-order valence-corrected chi connectivity index (χ4v) is 12.8. The molecule has 582 valence electrons. The summed E-state index contributed by atoms with van der Waals surface area (Å²) in [6, 6.07) is -7.41. The molecule has 7 saturated heterocycles. The number of aliphatic hydroxyl groups excluding tert-OH is 20. The number of aliphatic hydroxyl groups is 20. The van der Waals surface area contributed by atoms with Gasteiger partial charge in [-0.3, -0.25) is 19.2 Å². The van der Waals surface area contributed by atoms with Crippen molar-refractivity contribution in [1.82, 2.24) is 21.3 Å². The summed E-state index contributed by atoms with van der Waals surface area (Å²) >= 11 is 0. The third kappa shape index (κ3) is 18.5. The monoisotopic (exact) mass is 1480 g/mol. The molecule has 1 unspecified atom stereocenters. The second-order valence-corrected chi connectivity index (χ2v) is 25.4. The first-order chi connectivity index (χ1) is 47.3. The van der Waals surface area contributed by atoms with E-state index in [1.807, 2.05) is 0 Å². The summed E-state index contributed by atoms with van der Waals surface area (Å²) in [5.74, 6) is -14.3. The maximum Gasteiger partial charge on any atom is 0.364 e. The lowest BCUT2D eigenvalue weighted by Gasteiger charge is -2.52. The van der Waals surface area contributed by atoms with Crippen molar-refractivity contribution in [2.45, 2.75) is 273 Å². The van der Waals surface area contributed by atoms with Crippen LogP contribution in [-0.4, -0.2) is 413 Å². The average Bonchev–Trinajstić information content (AvgIpc) is 0.764. The molecular weight excluding hydrogens is 1380 g/mol. The normalized spacial score (nSPS) is 44.9. The first kappa shape index (κ1) is 83.8. The van der Waals surface area contributed by atoms with E-state index in [1.165, 1.54) is 6.92 Å². The van der Waals surface area contributed by atoms with Crippen molar-refractivity contribution in [3.05, 3.63) is 0 Å². The van der Waals surface area contributed by atoms with Gasteiger partial charge in [0.05, 0.1) is 70.0 Å². The Morgan fingerprint density at radius 1 is 0.426 bits per heavy atom. The minimum atomic E-state index is -3.32. The van der Waals surface area contributed by atoms with Gasteiger partial charge in [-0.15, -0.1) is 0 Å². The van der Waals surface area contributed by atoms with Crippen LogP contribution in [0.1, 0.15) is 47.5 Å². The van der Waals surface area contributed by atoms with Gasteiger partial charge in [-0.25, -0.2) is 9.59 Å². The van der Waals surface area contributed by atoms with Crippen molar-refractivity contribution >= 4 is 35.6 Å². The predicted molar refractivity (Wildman–Crippen MR) is 311 cm³/mol. The molecule has 7 aliphatic rings. The highest BCUT2D eigenvalue weighted by Gasteiger charge is 2.63. The van der Waals surface area contributed by atoms with Gasteiger partial charge in [0.25, 0.3) is 11.6 Å². The van der Waals surface area contributed by atoms with Crippen molar-refractivity contribution in [2.75, 3.05) is 39.6 Å². The number of nitrogens with one attached hydrogen (secondary N) is 4. The van der Waals surface area contributed by atoms with Crippen molar-refractivity contribution in [3.63, 3.8) is 0 Å². The molecule has 0 aromatic heterocycles. The zero-order valence-electron chi connectivity index (χ0n) is 54.5. The summed E-state index contributed by atoms with van der Waals surface area (Å²) in [4.78, 5) is 76.7. The third-order valence-corrected chi connectivity index (χ3v) is 18.1. The molecule has 45 heteroatoms. The SMILES string of the molecule is CC(=O)N[C@H]1[C@H](O[C@H]2[C@@H](O)[C@@H](CO)O[C@@H](O[C@H]3[C@@H](O)[C@@H](CO[C@]4(C(=O)O)C[C@H](O)[C@@H](NC(C)=O)[C@H]([C@H](O)[C@H](O)CO)O4)OC(O)[C@@H]3NC(C)=O)[C@@H]2O)O[C@H](CO)[C@@H](O[C@@H]2O[C@H](CO)[C@H](O)[C@H](O[C@]3(C(=O)O)C[C@H](O)[C@@H](NC(C)=O)[C@H]([C@H](O)[C@H](O)CO)O3)[C@H]2O)[C@@H]1O[C@@H]1O[C@@H](C)[C@@H](O)[C@@H](O)[C@@H]1O. The van der Waals surface area contributed by atoms with Gasteiger partial charge < -0.3 is 195 Å². The topological polar surface area (TPSA) is 716 Å². The molecule has 37 atom stereocenters. The molecule has 26 N–H and O–H groups in total. The Balaban J connectivity index is 1.22. The Bertz CT molecular complexity index is 2760. The number of carboxylic acid groups (broad SMARTS) is 2. The van der Waals surface area contributed by atoms with E-state index in [0.29, 0.717) is 0 Å². The molecule has 0 aromatic carbocycles. The van der Waals surface area contributed by atoms with Gasteiger partial charge in [0.2, 0.25) is 23.6 Å². The number of carbonyl (C=O) groups is 6. The maximum absolute atomic E-state index is 13.4. The zero-order chi connectivity index (χ0) is 75.3. The van der Waals surface area contributed by atoms with Crippen molar-refractivity contribution in [1.29, 1.82) is 0 Å². The Morgan fingerprint density at radius 3 is 1.30 bits per heavy atom. The van der Waals surface area contributed by atoms with Crippen LogP contribution >= 0.6 is 0 Å². The third-order valence-electron chi connectivity index (χ3n) is 18.1. The summed E-state index contributed by atoms with van der Waals surface area (Å²) < 4.78 is 76.3. The summed E-state index contributed by atoms with van der Waals surface area (Å²) in [5.41, 5.74) is 0.